The van der Waals surface area contributed by atoms with E-state index in [9.17, 15) is 4.79 Å². The van der Waals surface area contributed by atoms with Gasteiger partial charge in [0, 0.05) is 0 Å². The van der Waals surface area contributed by atoms with E-state index in [1.165, 1.54) is 16.7 Å². The first kappa shape index (κ1) is 21.8. The number of ether oxygens (including phenoxy) is 2. The summed E-state index contributed by atoms with van der Waals surface area (Å²) in [6, 6.07) is 10.3. The summed E-state index contributed by atoms with van der Waals surface area (Å²) < 4.78 is 11.3. The van der Waals surface area contributed by atoms with Crippen molar-refractivity contribution in [2.75, 3.05) is 13.2 Å². The smallest absolute Gasteiger partial charge is 0.341 e. The lowest BCUT2D eigenvalue weighted by Gasteiger charge is -2.17. The topological polar surface area (TPSA) is 55.8 Å². The highest BCUT2D eigenvalue weighted by Crippen LogP contribution is 2.30. The molecular weight excluding hydrogens is 352 g/mol. The van der Waals surface area contributed by atoms with E-state index in [1.54, 1.807) is 0 Å². The molecule has 4 nitrogen and oxygen atoms in total. The number of rotatable bonds is 10. The van der Waals surface area contributed by atoms with Crippen LogP contribution < -0.4 is 9.47 Å². The largest absolute Gasteiger partial charge is 0.493 e. The third-order valence-electron chi connectivity index (χ3n) is 4.86. The summed E-state index contributed by atoms with van der Waals surface area (Å²) >= 11 is 0. The standard InChI is InChI=1S/C24H32O4/c1-6-7-10-27-23-9-8-19(13-21(23)16(2)3)14-22-17(4)11-20(12-18(22)5)28-15-24(25)26/h8-9,11-13,16H,6-7,10,14-15H2,1-5H3,(H,25,26). The molecule has 0 saturated carbocycles. The molecule has 4 heteroatoms. The van der Waals surface area contributed by atoms with Crippen LogP contribution in [0.2, 0.25) is 0 Å². The first-order valence-electron chi connectivity index (χ1n) is 10.0. The van der Waals surface area contributed by atoms with Gasteiger partial charge in [0.25, 0.3) is 0 Å². The Morgan fingerprint density at radius 3 is 2.32 bits per heavy atom. The fraction of sp³-hybridized carbons (Fsp3) is 0.458. The molecule has 28 heavy (non-hydrogen) atoms. The van der Waals surface area contributed by atoms with Gasteiger partial charge < -0.3 is 14.6 Å². The molecule has 0 heterocycles. The Morgan fingerprint density at radius 2 is 1.75 bits per heavy atom. The molecule has 0 unspecified atom stereocenters. The molecule has 0 atom stereocenters. The van der Waals surface area contributed by atoms with Crippen LogP contribution in [-0.2, 0) is 11.2 Å². The van der Waals surface area contributed by atoms with E-state index in [-0.39, 0.29) is 6.61 Å². The Bertz CT molecular complexity index is 785. The van der Waals surface area contributed by atoms with E-state index in [1.807, 2.05) is 26.0 Å². The molecule has 0 amide bonds. The number of carboxylic acids is 1. The molecule has 0 aliphatic rings. The highest BCUT2D eigenvalue weighted by molar-refractivity contribution is 5.68. The number of carboxylic acid groups (broad SMARTS) is 1. The van der Waals surface area contributed by atoms with E-state index in [0.29, 0.717) is 11.7 Å². The van der Waals surface area contributed by atoms with Crippen LogP contribution in [0, 0.1) is 13.8 Å². The molecule has 0 fully saturated rings. The van der Waals surface area contributed by atoms with Crippen molar-refractivity contribution < 1.29 is 19.4 Å². The lowest BCUT2D eigenvalue weighted by molar-refractivity contribution is -0.139. The van der Waals surface area contributed by atoms with Crippen molar-refractivity contribution in [1.29, 1.82) is 0 Å². The monoisotopic (exact) mass is 384 g/mol. The molecule has 0 aromatic heterocycles. The van der Waals surface area contributed by atoms with E-state index in [0.717, 1.165) is 42.7 Å². The van der Waals surface area contributed by atoms with Crippen LogP contribution in [0.1, 0.15) is 67.3 Å². The summed E-state index contributed by atoms with van der Waals surface area (Å²) in [5, 5.41) is 8.79. The zero-order valence-corrected chi connectivity index (χ0v) is 17.7. The molecule has 0 aliphatic heterocycles. The predicted molar refractivity (Wildman–Crippen MR) is 113 cm³/mol. The molecule has 1 N–H and O–H groups in total. The fourth-order valence-electron chi connectivity index (χ4n) is 3.28. The third kappa shape index (κ3) is 6.01. The van der Waals surface area contributed by atoms with Crippen LogP contribution in [0.3, 0.4) is 0 Å². The number of benzene rings is 2. The summed E-state index contributed by atoms with van der Waals surface area (Å²) in [5.74, 6) is 1.01. The second-order valence-corrected chi connectivity index (χ2v) is 7.62. The molecule has 2 rings (SSSR count). The molecular formula is C24H32O4. The van der Waals surface area contributed by atoms with Gasteiger partial charge in [0.05, 0.1) is 6.61 Å². The SMILES string of the molecule is CCCCOc1ccc(Cc2c(C)cc(OCC(=O)O)cc2C)cc1C(C)C. The second-order valence-electron chi connectivity index (χ2n) is 7.62. The van der Waals surface area contributed by atoms with Crippen LogP contribution in [0.25, 0.3) is 0 Å². The van der Waals surface area contributed by atoms with Gasteiger partial charge in [-0.1, -0.05) is 39.3 Å². The van der Waals surface area contributed by atoms with Crippen LogP contribution in [-0.4, -0.2) is 24.3 Å². The maximum Gasteiger partial charge on any atom is 0.341 e. The zero-order chi connectivity index (χ0) is 20.7. The maximum atomic E-state index is 10.7. The van der Waals surface area contributed by atoms with Gasteiger partial charge >= 0.3 is 5.97 Å². The van der Waals surface area contributed by atoms with E-state index >= 15 is 0 Å². The average Bonchev–Trinajstić information content (AvgIpc) is 2.63. The Labute approximate surface area is 168 Å². The molecule has 0 aliphatic carbocycles. The van der Waals surface area contributed by atoms with Crippen LogP contribution in [0.5, 0.6) is 11.5 Å². The van der Waals surface area contributed by atoms with Gasteiger partial charge in [-0.25, -0.2) is 4.79 Å². The van der Waals surface area contributed by atoms with Gasteiger partial charge in [-0.15, -0.1) is 0 Å². The lowest BCUT2D eigenvalue weighted by atomic mass is 9.93. The van der Waals surface area contributed by atoms with Crippen molar-refractivity contribution in [2.45, 2.75) is 59.8 Å². The Morgan fingerprint density at radius 1 is 1.07 bits per heavy atom. The highest BCUT2D eigenvalue weighted by Gasteiger charge is 2.12. The molecule has 2 aromatic rings. The van der Waals surface area contributed by atoms with Crippen molar-refractivity contribution in [2.24, 2.45) is 0 Å². The minimum Gasteiger partial charge on any atom is -0.493 e. The van der Waals surface area contributed by atoms with Crippen molar-refractivity contribution in [3.63, 3.8) is 0 Å². The molecule has 2 aromatic carbocycles. The van der Waals surface area contributed by atoms with Crippen molar-refractivity contribution in [1.82, 2.24) is 0 Å². The predicted octanol–water partition coefficient (Wildman–Crippen LogP) is 5.66. The van der Waals surface area contributed by atoms with Crippen LogP contribution >= 0.6 is 0 Å². The zero-order valence-electron chi connectivity index (χ0n) is 17.7. The number of hydrogen-bond acceptors (Lipinski definition) is 3. The Kier molecular flexibility index (Phi) is 7.91. The Hall–Kier alpha value is -2.49. The minimum absolute atomic E-state index is 0.324. The maximum absolute atomic E-state index is 10.7. The lowest BCUT2D eigenvalue weighted by Crippen LogP contribution is -2.10. The summed E-state index contributed by atoms with van der Waals surface area (Å²) in [6.07, 6.45) is 3.01. The number of aryl methyl sites for hydroxylation is 2. The van der Waals surface area contributed by atoms with Gasteiger partial charge in [0.2, 0.25) is 0 Å². The summed E-state index contributed by atoms with van der Waals surface area (Å²) in [7, 11) is 0. The number of unbranched alkanes of at least 4 members (excludes halogenated alkanes) is 1. The Balaban J connectivity index is 2.22. The number of aliphatic carboxylic acids is 1. The molecule has 0 bridgehead atoms. The molecule has 0 radical (unpaired) electrons. The van der Waals surface area contributed by atoms with Gasteiger partial charge in [0.15, 0.2) is 6.61 Å². The highest BCUT2D eigenvalue weighted by atomic mass is 16.5. The average molecular weight is 385 g/mol. The normalized spacial score (nSPS) is 10.9. The van der Waals surface area contributed by atoms with Gasteiger partial charge in [0.1, 0.15) is 11.5 Å². The third-order valence-corrected chi connectivity index (χ3v) is 4.86. The quantitative estimate of drug-likeness (QED) is 0.537. The fourth-order valence-corrected chi connectivity index (χ4v) is 3.28. The molecule has 0 spiro atoms. The van der Waals surface area contributed by atoms with Crippen molar-refractivity contribution in [3.05, 3.63) is 58.1 Å². The number of carbonyl (C=O) groups is 1. The van der Waals surface area contributed by atoms with Crippen molar-refractivity contribution in [3.8, 4) is 11.5 Å². The molecule has 152 valence electrons. The summed E-state index contributed by atoms with van der Waals surface area (Å²) in [5.41, 5.74) is 5.95. The summed E-state index contributed by atoms with van der Waals surface area (Å²) in [6.45, 7) is 11.1. The van der Waals surface area contributed by atoms with E-state index in [4.69, 9.17) is 14.6 Å². The van der Waals surface area contributed by atoms with Gasteiger partial charge in [-0.05, 0) is 78.6 Å². The van der Waals surface area contributed by atoms with Gasteiger partial charge in [-0.2, -0.15) is 0 Å². The molecule has 0 saturated heterocycles. The van der Waals surface area contributed by atoms with Crippen LogP contribution in [0.15, 0.2) is 30.3 Å². The minimum atomic E-state index is -0.971. The van der Waals surface area contributed by atoms with Gasteiger partial charge in [-0.3, -0.25) is 0 Å². The number of hydrogen-bond donors (Lipinski definition) is 1. The second kappa shape index (κ2) is 10.2. The first-order chi connectivity index (χ1) is 13.3. The first-order valence-corrected chi connectivity index (χ1v) is 10.0. The van der Waals surface area contributed by atoms with Crippen LogP contribution in [0.4, 0.5) is 0 Å². The van der Waals surface area contributed by atoms with E-state index in [2.05, 4.69) is 39.0 Å². The van der Waals surface area contributed by atoms with Crippen molar-refractivity contribution >= 4 is 5.97 Å². The van der Waals surface area contributed by atoms with E-state index < -0.39 is 5.97 Å². The summed E-state index contributed by atoms with van der Waals surface area (Å²) in [4.78, 5) is 10.7.